The van der Waals surface area contributed by atoms with Gasteiger partial charge in [0.25, 0.3) is 0 Å². The molecule has 0 radical (unpaired) electrons. The number of hydrogen-bond acceptors (Lipinski definition) is 3. The van der Waals surface area contributed by atoms with Crippen LogP contribution in [-0.2, 0) is 4.74 Å². The van der Waals surface area contributed by atoms with E-state index in [9.17, 15) is 0 Å². The van der Waals surface area contributed by atoms with Crippen LogP contribution < -0.4 is 9.47 Å². The van der Waals surface area contributed by atoms with Crippen molar-refractivity contribution in [3.63, 3.8) is 0 Å². The maximum Gasteiger partial charge on any atom is 0.231 e. The van der Waals surface area contributed by atoms with Gasteiger partial charge in [0.15, 0.2) is 11.5 Å². The predicted molar refractivity (Wildman–Crippen MR) is 79.1 cm³/mol. The van der Waals surface area contributed by atoms with E-state index in [-0.39, 0.29) is 10.9 Å². The van der Waals surface area contributed by atoms with Crippen LogP contribution >= 0.6 is 15.9 Å². The van der Waals surface area contributed by atoms with Crippen molar-refractivity contribution < 1.29 is 14.2 Å². The quantitative estimate of drug-likeness (QED) is 0.728. The summed E-state index contributed by atoms with van der Waals surface area (Å²) in [5.41, 5.74) is 1.12. The molecule has 1 heterocycles. The molecule has 0 saturated carbocycles. The highest BCUT2D eigenvalue weighted by atomic mass is 79.9. The molecule has 4 heteroatoms. The van der Waals surface area contributed by atoms with Crippen molar-refractivity contribution in [2.45, 2.75) is 38.1 Å². The van der Waals surface area contributed by atoms with Gasteiger partial charge in [-0.3, -0.25) is 0 Å². The normalized spacial score (nSPS) is 16.7. The van der Waals surface area contributed by atoms with Crippen LogP contribution in [0, 0.1) is 5.92 Å². The summed E-state index contributed by atoms with van der Waals surface area (Å²) in [5.74, 6) is 2.28. The van der Waals surface area contributed by atoms with Crippen molar-refractivity contribution in [3.8, 4) is 11.5 Å². The summed E-state index contributed by atoms with van der Waals surface area (Å²) < 4.78 is 16.8. The second kappa shape index (κ2) is 6.62. The Morgan fingerprint density at radius 3 is 2.63 bits per heavy atom. The molecule has 1 aliphatic rings. The number of halogens is 1. The fraction of sp³-hybridized carbons (Fsp3) is 0.600. The van der Waals surface area contributed by atoms with Crippen LogP contribution in [0.3, 0.4) is 0 Å². The molecule has 1 aliphatic heterocycles. The SMILES string of the molecule is CC(C)CCOC(c1ccc2c(c1)OCO2)C(C)Br. The monoisotopic (exact) mass is 328 g/mol. The number of benzene rings is 1. The largest absolute Gasteiger partial charge is 0.454 e. The lowest BCUT2D eigenvalue weighted by Gasteiger charge is -2.21. The molecule has 2 rings (SSSR count). The molecule has 0 bridgehead atoms. The van der Waals surface area contributed by atoms with Gasteiger partial charge in [-0.25, -0.2) is 0 Å². The molecule has 0 aliphatic carbocycles. The molecule has 106 valence electrons. The lowest BCUT2D eigenvalue weighted by Crippen LogP contribution is -2.14. The number of ether oxygens (including phenoxy) is 3. The van der Waals surface area contributed by atoms with E-state index in [0.717, 1.165) is 30.1 Å². The van der Waals surface area contributed by atoms with Gasteiger partial charge in [0.05, 0.1) is 6.10 Å². The number of alkyl halides is 1. The molecular weight excluding hydrogens is 308 g/mol. The van der Waals surface area contributed by atoms with Crippen molar-refractivity contribution in [3.05, 3.63) is 23.8 Å². The van der Waals surface area contributed by atoms with Crippen LogP contribution in [0.5, 0.6) is 11.5 Å². The Hall–Kier alpha value is -0.740. The van der Waals surface area contributed by atoms with E-state index in [0.29, 0.717) is 12.7 Å². The minimum absolute atomic E-state index is 0.0354. The van der Waals surface area contributed by atoms with E-state index in [1.54, 1.807) is 0 Å². The molecule has 0 amide bonds. The van der Waals surface area contributed by atoms with Crippen molar-refractivity contribution in [2.75, 3.05) is 13.4 Å². The Labute approximate surface area is 123 Å². The van der Waals surface area contributed by atoms with Crippen LogP contribution in [0.1, 0.15) is 38.9 Å². The summed E-state index contributed by atoms with van der Waals surface area (Å²) in [4.78, 5) is 0.250. The first-order chi connectivity index (χ1) is 9.08. The highest BCUT2D eigenvalue weighted by molar-refractivity contribution is 9.09. The van der Waals surface area contributed by atoms with E-state index in [1.165, 1.54) is 0 Å². The molecule has 0 fully saturated rings. The Bertz CT molecular complexity index is 418. The van der Waals surface area contributed by atoms with Gasteiger partial charge < -0.3 is 14.2 Å². The zero-order valence-corrected chi connectivity index (χ0v) is 13.3. The zero-order valence-electron chi connectivity index (χ0n) is 11.7. The maximum absolute atomic E-state index is 6.02. The standard InChI is InChI=1S/C15H21BrO3/c1-10(2)6-7-17-15(11(3)16)12-4-5-13-14(8-12)19-9-18-13/h4-5,8,10-11,15H,6-7,9H2,1-3H3. The van der Waals surface area contributed by atoms with E-state index in [2.05, 4.69) is 36.7 Å². The summed E-state index contributed by atoms with van der Waals surface area (Å²) in [7, 11) is 0. The number of fused-ring (bicyclic) bond motifs is 1. The first kappa shape index (κ1) is 14.7. The smallest absolute Gasteiger partial charge is 0.231 e. The van der Waals surface area contributed by atoms with Crippen LogP contribution in [0.15, 0.2) is 18.2 Å². The summed E-state index contributed by atoms with van der Waals surface area (Å²) >= 11 is 3.63. The number of rotatable bonds is 6. The molecule has 3 nitrogen and oxygen atoms in total. The molecule has 2 atom stereocenters. The molecule has 2 unspecified atom stereocenters. The topological polar surface area (TPSA) is 27.7 Å². The minimum Gasteiger partial charge on any atom is -0.454 e. The van der Waals surface area contributed by atoms with Gasteiger partial charge in [-0.05, 0) is 37.0 Å². The molecule has 19 heavy (non-hydrogen) atoms. The Balaban J connectivity index is 2.06. The van der Waals surface area contributed by atoms with Crippen molar-refractivity contribution in [1.29, 1.82) is 0 Å². The maximum atomic E-state index is 6.02. The fourth-order valence-corrected chi connectivity index (χ4v) is 2.47. The third-order valence-electron chi connectivity index (χ3n) is 3.13. The third-order valence-corrected chi connectivity index (χ3v) is 3.62. The Morgan fingerprint density at radius 2 is 1.95 bits per heavy atom. The van der Waals surface area contributed by atoms with Crippen LogP contribution in [0.4, 0.5) is 0 Å². The first-order valence-corrected chi connectivity index (χ1v) is 7.64. The second-order valence-corrected chi connectivity index (χ2v) is 6.71. The molecular formula is C15H21BrO3. The predicted octanol–water partition coefficient (Wildman–Crippen LogP) is 4.30. The third kappa shape index (κ3) is 3.86. The summed E-state index contributed by atoms with van der Waals surface area (Å²) in [6.45, 7) is 7.59. The zero-order chi connectivity index (χ0) is 13.8. The van der Waals surface area contributed by atoms with Gasteiger partial charge in [-0.2, -0.15) is 0 Å². The van der Waals surface area contributed by atoms with Crippen LogP contribution in [0.2, 0.25) is 0 Å². The summed E-state index contributed by atoms with van der Waals surface area (Å²) in [6, 6.07) is 6.01. The lowest BCUT2D eigenvalue weighted by molar-refractivity contribution is 0.0480. The second-order valence-electron chi connectivity index (χ2n) is 5.26. The van der Waals surface area contributed by atoms with E-state index < -0.39 is 0 Å². The van der Waals surface area contributed by atoms with E-state index in [4.69, 9.17) is 14.2 Å². The van der Waals surface area contributed by atoms with E-state index in [1.807, 2.05) is 18.2 Å². The van der Waals surface area contributed by atoms with Gasteiger partial charge in [0.2, 0.25) is 6.79 Å². The van der Waals surface area contributed by atoms with Gasteiger partial charge in [-0.15, -0.1) is 0 Å². The van der Waals surface area contributed by atoms with Crippen molar-refractivity contribution >= 4 is 15.9 Å². The van der Waals surface area contributed by atoms with Crippen molar-refractivity contribution in [1.82, 2.24) is 0 Å². The number of hydrogen-bond donors (Lipinski definition) is 0. The van der Waals surface area contributed by atoms with Gasteiger partial charge in [-0.1, -0.05) is 35.8 Å². The summed E-state index contributed by atoms with van der Waals surface area (Å²) in [6.07, 6.45) is 1.11. The average Bonchev–Trinajstić information content (AvgIpc) is 2.80. The van der Waals surface area contributed by atoms with E-state index >= 15 is 0 Å². The Kier molecular flexibility index (Phi) is 5.11. The minimum atomic E-state index is 0.0354. The molecule has 0 spiro atoms. The van der Waals surface area contributed by atoms with Crippen LogP contribution in [0.25, 0.3) is 0 Å². The van der Waals surface area contributed by atoms with Crippen molar-refractivity contribution in [2.24, 2.45) is 5.92 Å². The molecule has 0 saturated heterocycles. The fourth-order valence-electron chi connectivity index (χ4n) is 2.01. The van der Waals surface area contributed by atoms with Crippen LogP contribution in [-0.4, -0.2) is 18.2 Å². The van der Waals surface area contributed by atoms with Gasteiger partial charge >= 0.3 is 0 Å². The molecule has 1 aromatic carbocycles. The first-order valence-electron chi connectivity index (χ1n) is 6.73. The lowest BCUT2D eigenvalue weighted by atomic mass is 10.1. The van der Waals surface area contributed by atoms with Gasteiger partial charge in [0.1, 0.15) is 0 Å². The molecule has 0 aromatic heterocycles. The highest BCUT2D eigenvalue weighted by Gasteiger charge is 2.21. The molecule has 0 N–H and O–H groups in total. The Morgan fingerprint density at radius 1 is 1.21 bits per heavy atom. The summed E-state index contributed by atoms with van der Waals surface area (Å²) in [5, 5.41) is 0. The average molecular weight is 329 g/mol. The molecule has 1 aromatic rings. The van der Waals surface area contributed by atoms with Gasteiger partial charge in [0, 0.05) is 11.4 Å². The highest BCUT2D eigenvalue weighted by Crippen LogP contribution is 2.36.